The van der Waals surface area contributed by atoms with Crippen molar-refractivity contribution in [2.75, 3.05) is 18.9 Å². The molecule has 8 nitrogen and oxygen atoms in total. The minimum atomic E-state index is -2.09. The molecule has 9 heteroatoms. The van der Waals surface area contributed by atoms with Crippen LogP contribution in [-0.2, 0) is 18.7 Å². The van der Waals surface area contributed by atoms with Crippen LogP contribution >= 0.6 is 0 Å². The van der Waals surface area contributed by atoms with Crippen LogP contribution in [0.5, 0.6) is 0 Å². The first-order chi connectivity index (χ1) is 14.4. The number of nitrogens with two attached hydrogens (primary N) is 1. The second-order valence-electron chi connectivity index (χ2n) is 9.01. The normalized spacial score (nSPS) is 19.8. The van der Waals surface area contributed by atoms with Gasteiger partial charge < -0.3 is 19.6 Å². The van der Waals surface area contributed by atoms with E-state index in [0.717, 1.165) is 5.57 Å². The van der Waals surface area contributed by atoms with E-state index in [-0.39, 0.29) is 10.9 Å². The van der Waals surface area contributed by atoms with Gasteiger partial charge in [0.25, 0.3) is 0 Å². The van der Waals surface area contributed by atoms with Gasteiger partial charge in [-0.3, -0.25) is 4.57 Å². The highest BCUT2D eigenvalue weighted by molar-refractivity contribution is 6.74. The standard InChI is InChI=1S/C22H35N3O5Si/c1-8-28-20(26)10-9-16-13-19(25-12-11-18(23)24-21(25)27)30-17(16)14-29-31(6,7)22(4,5)15(2)3/h9-13,15,17,19H,8,14H2,1-7H3,(H2,23,24,27)/b10-9+/t17-,19-/m1/s1. The number of anilines is 1. The van der Waals surface area contributed by atoms with Gasteiger partial charge in [0.2, 0.25) is 0 Å². The highest BCUT2D eigenvalue weighted by atomic mass is 28.4. The lowest BCUT2D eigenvalue weighted by Crippen LogP contribution is -2.46. The van der Waals surface area contributed by atoms with E-state index in [1.807, 2.05) is 0 Å². The van der Waals surface area contributed by atoms with Crippen molar-refractivity contribution in [2.24, 2.45) is 5.92 Å². The molecule has 0 saturated carbocycles. The second-order valence-corrected chi connectivity index (χ2v) is 13.6. The molecule has 172 valence electrons. The van der Waals surface area contributed by atoms with Crippen LogP contribution in [0.2, 0.25) is 18.1 Å². The van der Waals surface area contributed by atoms with E-state index < -0.39 is 32.3 Å². The number of esters is 1. The van der Waals surface area contributed by atoms with Crippen molar-refractivity contribution in [3.63, 3.8) is 0 Å². The van der Waals surface area contributed by atoms with Gasteiger partial charge in [-0.25, -0.2) is 9.59 Å². The number of hydrogen-bond donors (Lipinski definition) is 1. The maximum Gasteiger partial charge on any atom is 0.351 e. The van der Waals surface area contributed by atoms with E-state index in [1.165, 1.54) is 16.7 Å². The Labute approximate surface area is 185 Å². The molecule has 0 saturated heterocycles. The topological polar surface area (TPSA) is 106 Å². The number of nitrogen functional groups attached to an aromatic ring is 1. The first-order valence-electron chi connectivity index (χ1n) is 10.6. The lowest BCUT2D eigenvalue weighted by Gasteiger charge is -2.43. The number of ether oxygens (including phenoxy) is 2. The highest BCUT2D eigenvalue weighted by Crippen LogP contribution is 2.45. The fourth-order valence-corrected chi connectivity index (χ4v) is 5.47. The average Bonchev–Trinajstić information content (AvgIpc) is 3.07. The number of carbonyl (C=O) groups excluding carboxylic acids is 1. The predicted molar refractivity (Wildman–Crippen MR) is 123 cm³/mol. The Morgan fingerprint density at radius 2 is 2.10 bits per heavy atom. The molecule has 31 heavy (non-hydrogen) atoms. The Morgan fingerprint density at radius 3 is 2.68 bits per heavy atom. The minimum Gasteiger partial charge on any atom is -0.463 e. The molecule has 0 bridgehead atoms. The number of nitrogens with zero attached hydrogens (tertiary/aromatic N) is 2. The zero-order valence-electron chi connectivity index (χ0n) is 19.5. The van der Waals surface area contributed by atoms with Crippen LogP contribution in [0.4, 0.5) is 5.82 Å². The van der Waals surface area contributed by atoms with E-state index in [9.17, 15) is 9.59 Å². The smallest absolute Gasteiger partial charge is 0.351 e. The molecule has 1 aromatic heterocycles. The van der Waals surface area contributed by atoms with E-state index >= 15 is 0 Å². The third-order valence-electron chi connectivity index (χ3n) is 6.43. The summed E-state index contributed by atoms with van der Waals surface area (Å²) in [6.45, 7) is 15.6. The van der Waals surface area contributed by atoms with Gasteiger partial charge in [0.15, 0.2) is 14.5 Å². The molecule has 0 spiro atoms. The number of rotatable bonds is 9. The molecule has 2 N–H and O–H groups in total. The first kappa shape index (κ1) is 25.0. The van der Waals surface area contributed by atoms with Crippen LogP contribution in [-0.4, -0.2) is 43.2 Å². The summed E-state index contributed by atoms with van der Waals surface area (Å²) in [6, 6.07) is 1.54. The van der Waals surface area contributed by atoms with Crippen molar-refractivity contribution >= 4 is 20.1 Å². The molecule has 0 unspecified atom stereocenters. The van der Waals surface area contributed by atoms with Crippen molar-refractivity contribution in [3.05, 3.63) is 46.5 Å². The predicted octanol–water partition coefficient (Wildman–Crippen LogP) is 3.43. The third kappa shape index (κ3) is 5.93. The summed E-state index contributed by atoms with van der Waals surface area (Å²) in [7, 11) is -2.09. The molecule has 0 fully saturated rings. The third-order valence-corrected chi connectivity index (χ3v) is 11.0. The van der Waals surface area contributed by atoms with Gasteiger partial charge in [0.05, 0.1) is 13.2 Å². The molecule has 0 aliphatic carbocycles. The van der Waals surface area contributed by atoms with Crippen LogP contribution < -0.4 is 11.4 Å². The largest absolute Gasteiger partial charge is 0.463 e. The van der Waals surface area contributed by atoms with Gasteiger partial charge in [-0.05, 0) is 54.8 Å². The molecule has 2 atom stereocenters. The zero-order valence-corrected chi connectivity index (χ0v) is 20.5. The molecule has 0 radical (unpaired) electrons. The maximum absolute atomic E-state index is 12.3. The van der Waals surface area contributed by atoms with Gasteiger partial charge in [0, 0.05) is 12.3 Å². The van der Waals surface area contributed by atoms with E-state index in [4.69, 9.17) is 19.6 Å². The number of carbonyl (C=O) groups is 1. The Balaban J connectivity index is 2.26. The van der Waals surface area contributed by atoms with Crippen molar-refractivity contribution < 1.29 is 18.7 Å². The van der Waals surface area contributed by atoms with Crippen molar-refractivity contribution in [1.82, 2.24) is 9.55 Å². The Morgan fingerprint density at radius 1 is 1.42 bits per heavy atom. The van der Waals surface area contributed by atoms with E-state index in [1.54, 1.807) is 25.3 Å². The quantitative estimate of drug-likeness (QED) is 0.350. The fourth-order valence-electron chi connectivity index (χ4n) is 3.14. The lowest BCUT2D eigenvalue weighted by molar-refractivity contribution is -0.137. The summed E-state index contributed by atoms with van der Waals surface area (Å²) in [6.07, 6.45) is 5.24. The van der Waals surface area contributed by atoms with Crippen LogP contribution in [0, 0.1) is 5.92 Å². The van der Waals surface area contributed by atoms with Crippen molar-refractivity contribution in [3.8, 4) is 0 Å². The molecule has 0 amide bonds. The summed E-state index contributed by atoms with van der Waals surface area (Å²) in [5, 5.41) is 0.0491. The van der Waals surface area contributed by atoms with Gasteiger partial charge in [-0.1, -0.05) is 27.7 Å². The highest BCUT2D eigenvalue weighted by Gasteiger charge is 2.44. The number of hydrogen-bond acceptors (Lipinski definition) is 7. The van der Waals surface area contributed by atoms with Crippen LogP contribution in [0.25, 0.3) is 0 Å². The Kier molecular flexibility index (Phi) is 8.02. The minimum absolute atomic E-state index is 0.0491. The molecular weight excluding hydrogens is 414 g/mol. The van der Waals surface area contributed by atoms with Crippen LogP contribution in [0.1, 0.15) is 40.8 Å². The summed E-state index contributed by atoms with van der Waals surface area (Å²) in [5.41, 5.74) is 5.83. The summed E-state index contributed by atoms with van der Waals surface area (Å²) < 4.78 is 18.9. The van der Waals surface area contributed by atoms with Crippen molar-refractivity contribution in [1.29, 1.82) is 0 Å². The second kappa shape index (κ2) is 9.93. The van der Waals surface area contributed by atoms with Crippen molar-refractivity contribution in [2.45, 2.75) is 65.1 Å². The van der Waals surface area contributed by atoms with Crippen LogP contribution in [0.3, 0.4) is 0 Å². The van der Waals surface area contributed by atoms with E-state index in [0.29, 0.717) is 19.1 Å². The Hall–Kier alpha value is -2.23. The molecular formula is C22H35N3O5Si. The summed E-state index contributed by atoms with van der Waals surface area (Å²) >= 11 is 0. The molecule has 2 rings (SSSR count). The monoisotopic (exact) mass is 449 g/mol. The fraction of sp³-hybridized carbons (Fsp3) is 0.591. The number of aromatic nitrogens is 2. The SMILES string of the molecule is CCOC(=O)/C=C/C1=C[C@H](n2ccc(N)nc2=O)O[C@@H]1CO[Si](C)(C)C(C)(C)C(C)C. The summed E-state index contributed by atoms with van der Waals surface area (Å²) in [5.74, 6) is 0.173. The van der Waals surface area contributed by atoms with E-state index in [2.05, 4.69) is 45.8 Å². The zero-order chi connectivity index (χ0) is 23.4. The first-order valence-corrected chi connectivity index (χ1v) is 13.5. The maximum atomic E-state index is 12.3. The summed E-state index contributed by atoms with van der Waals surface area (Å²) in [4.78, 5) is 27.8. The van der Waals surface area contributed by atoms with Gasteiger partial charge in [0.1, 0.15) is 11.9 Å². The average molecular weight is 450 g/mol. The Bertz CT molecular complexity index is 905. The molecule has 1 aromatic rings. The molecule has 1 aliphatic heterocycles. The lowest BCUT2D eigenvalue weighted by atomic mass is 9.99. The molecule has 2 heterocycles. The van der Waals surface area contributed by atoms with Gasteiger partial charge >= 0.3 is 11.7 Å². The van der Waals surface area contributed by atoms with Gasteiger partial charge in [-0.2, -0.15) is 4.98 Å². The van der Waals surface area contributed by atoms with Crippen LogP contribution in [0.15, 0.2) is 40.9 Å². The van der Waals surface area contributed by atoms with Gasteiger partial charge in [-0.15, -0.1) is 0 Å². The molecule has 1 aliphatic rings. The molecule has 0 aromatic carbocycles.